The number of fused-ring (bicyclic) bond motifs is 1. The molecule has 0 bridgehead atoms. The molecule has 0 atom stereocenters. The lowest BCUT2D eigenvalue weighted by Crippen LogP contribution is -2.27. The van der Waals surface area contributed by atoms with Gasteiger partial charge >= 0.3 is 0 Å². The number of benzene rings is 2. The zero-order chi connectivity index (χ0) is 16.8. The highest BCUT2D eigenvalue weighted by atomic mass is 32.2. The van der Waals surface area contributed by atoms with Gasteiger partial charge in [0.15, 0.2) is 0 Å². The number of pyridine rings is 1. The van der Waals surface area contributed by atoms with E-state index in [1.807, 2.05) is 42.5 Å². The van der Waals surface area contributed by atoms with E-state index in [1.54, 1.807) is 0 Å². The summed E-state index contributed by atoms with van der Waals surface area (Å²) in [6.07, 6.45) is 0.852. The molecule has 0 unspecified atom stereocenters. The number of hydrogen-bond donors (Lipinski definition) is 1. The van der Waals surface area contributed by atoms with Crippen LogP contribution >= 0.6 is 11.8 Å². The molecule has 0 aliphatic rings. The van der Waals surface area contributed by atoms with Gasteiger partial charge in [-0.2, -0.15) is 0 Å². The first-order chi connectivity index (χ1) is 11.7. The molecular formula is C20H20N2OS. The molecule has 1 N–H and O–H groups in total. The minimum Gasteiger partial charge on any atom is -0.355 e. The van der Waals surface area contributed by atoms with Crippen molar-refractivity contribution < 1.29 is 4.79 Å². The van der Waals surface area contributed by atoms with Gasteiger partial charge in [-0.15, -0.1) is 0 Å². The topological polar surface area (TPSA) is 42.0 Å². The van der Waals surface area contributed by atoms with Gasteiger partial charge in [0, 0.05) is 11.9 Å². The molecule has 0 radical (unpaired) electrons. The summed E-state index contributed by atoms with van der Waals surface area (Å²) in [7, 11) is 0. The molecule has 0 saturated heterocycles. The molecule has 0 fully saturated rings. The number of hydrogen-bond acceptors (Lipinski definition) is 3. The molecule has 3 aromatic rings. The Bertz CT molecular complexity index is 833. The molecule has 2 aromatic carbocycles. The van der Waals surface area contributed by atoms with Gasteiger partial charge in [-0.05, 0) is 36.6 Å². The first-order valence-electron chi connectivity index (χ1n) is 8.02. The number of amides is 1. The third-order valence-corrected chi connectivity index (χ3v) is 4.74. The number of carbonyl (C=O) groups is 1. The second-order valence-corrected chi connectivity index (χ2v) is 6.66. The van der Waals surface area contributed by atoms with Gasteiger partial charge in [0.25, 0.3) is 0 Å². The summed E-state index contributed by atoms with van der Waals surface area (Å²) in [5, 5.41) is 5.02. The molecule has 3 rings (SSSR count). The normalized spacial score (nSPS) is 10.7. The van der Waals surface area contributed by atoms with Gasteiger partial charge in [0.2, 0.25) is 5.91 Å². The van der Waals surface area contributed by atoms with Gasteiger partial charge in [-0.1, -0.05) is 60.3 Å². The molecule has 0 saturated carbocycles. The average Bonchev–Trinajstić information content (AvgIpc) is 2.61. The second-order valence-electron chi connectivity index (χ2n) is 5.67. The van der Waals surface area contributed by atoms with Crippen LogP contribution in [0.3, 0.4) is 0 Å². The average molecular weight is 336 g/mol. The lowest BCUT2D eigenvalue weighted by Gasteiger charge is -2.07. The fraction of sp³-hybridized carbons (Fsp3) is 0.200. The first kappa shape index (κ1) is 16.5. The Morgan fingerprint density at radius 1 is 1.08 bits per heavy atom. The summed E-state index contributed by atoms with van der Waals surface area (Å²) < 4.78 is 0. The van der Waals surface area contributed by atoms with Crippen molar-refractivity contribution >= 4 is 28.6 Å². The molecule has 1 aromatic heterocycles. The summed E-state index contributed by atoms with van der Waals surface area (Å²) >= 11 is 1.48. The molecule has 0 aliphatic heterocycles. The predicted octanol–water partition coefficient (Wildman–Crippen LogP) is 3.99. The highest BCUT2D eigenvalue weighted by Crippen LogP contribution is 2.23. The third kappa shape index (κ3) is 4.36. The Morgan fingerprint density at radius 2 is 1.83 bits per heavy atom. The minimum absolute atomic E-state index is 0.0449. The van der Waals surface area contributed by atoms with Gasteiger partial charge in [0.1, 0.15) is 0 Å². The Labute approximate surface area is 146 Å². The number of aromatic nitrogens is 1. The van der Waals surface area contributed by atoms with E-state index in [9.17, 15) is 4.79 Å². The maximum absolute atomic E-state index is 12.0. The van der Waals surface area contributed by atoms with E-state index in [-0.39, 0.29) is 5.91 Å². The van der Waals surface area contributed by atoms with Crippen molar-refractivity contribution in [3.63, 3.8) is 0 Å². The van der Waals surface area contributed by atoms with Crippen LogP contribution < -0.4 is 5.32 Å². The number of thioether (sulfide) groups is 1. The van der Waals surface area contributed by atoms with Crippen LogP contribution in [0.4, 0.5) is 0 Å². The Balaban J connectivity index is 1.51. The molecule has 3 nitrogen and oxygen atoms in total. The fourth-order valence-electron chi connectivity index (χ4n) is 2.57. The number of carbonyl (C=O) groups excluding carboxylic acids is 1. The van der Waals surface area contributed by atoms with Gasteiger partial charge in [-0.25, -0.2) is 4.98 Å². The molecule has 122 valence electrons. The molecule has 1 amide bonds. The van der Waals surface area contributed by atoms with E-state index in [0.717, 1.165) is 22.3 Å². The van der Waals surface area contributed by atoms with Crippen LogP contribution in [-0.2, 0) is 11.2 Å². The quantitative estimate of drug-likeness (QED) is 0.692. The Morgan fingerprint density at radius 3 is 2.67 bits per heavy atom. The highest BCUT2D eigenvalue weighted by Gasteiger charge is 2.06. The largest absolute Gasteiger partial charge is 0.355 e. The minimum atomic E-state index is 0.0449. The van der Waals surface area contributed by atoms with Crippen LogP contribution in [0.15, 0.2) is 65.7 Å². The lowest BCUT2D eigenvalue weighted by atomic mass is 10.1. The van der Waals surface area contributed by atoms with Crippen molar-refractivity contribution in [2.75, 3.05) is 12.3 Å². The molecule has 1 heterocycles. The van der Waals surface area contributed by atoms with E-state index < -0.39 is 0 Å². The third-order valence-electron chi connectivity index (χ3n) is 3.83. The van der Waals surface area contributed by atoms with Crippen LogP contribution in [0, 0.1) is 6.92 Å². The van der Waals surface area contributed by atoms with E-state index in [1.165, 1.54) is 22.9 Å². The number of para-hydroxylation sites is 1. The monoisotopic (exact) mass is 336 g/mol. The second kappa shape index (κ2) is 7.97. The molecule has 4 heteroatoms. The standard InChI is InChI=1S/C20H20N2OS/c1-15-13-20(22-18-10-6-5-9-17(15)18)24-14-19(23)21-12-11-16-7-3-2-4-8-16/h2-10,13H,11-12,14H2,1H3,(H,21,23). The van der Waals surface area contributed by atoms with Gasteiger partial charge in [-0.3, -0.25) is 4.79 Å². The van der Waals surface area contributed by atoms with Crippen LogP contribution in [-0.4, -0.2) is 23.2 Å². The number of aryl methyl sites for hydroxylation is 1. The van der Waals surface area contributed by atoms with E-state index in [0.29, 0.717) is 12.3 Å². The van der Waals surface area contributed by atoms with E-state index >= 15 is 0 Å². The molecular weight excluding hydrogens is 316 g/mol. The zero-order valence-corrected chi connectivity index (χ0v) is 14.5. The first-order valence-corrected chi connectivity index (χ1v) is 9.01. The van der Waals surface area contributed by atoms with Crippen LogP contribution in [0.1, 0.15) is 11.1 Å². The molecule has 0 spiro atoms. The summed E-state index contributed by atoms with van der Waals surface area (Å²) in [5.41, 5.74) is 3.40. The molecule has 24 heavy (non-hydrogen) atoms. The highest BCUT2D eigenvalue weighted by molar-refractivity contribution is 7.99. The molecule has 0 aliphatic carbocycles. The predicted molar refractivity (Wildman–Crippen MR) is 100 cm³/mol. The van der Waals surface area contributed by atoms with Crippen molar-refractivity contribution in [2.45, 2.75) is 18.4 Å². The Hall–Kier alpha value is -2.33. The van der Waals surface area contributed by atoms with Crippen LogP contribution in [0.25, 0.3) is 10.9 Å². The van der Waals surface area contributed by atoms with Crippen molar-refractivity contribution in [2.24, 2.45) is 0 Å². The van der Waals surface area contributed by atoms with Crippen LogP contribution in [0.2, 0.25) is 0 Å². The summed E-state index contributed by atoms with van der Waals surface area (Å²) in [6.45, 7) is 2.74. The zero-order valence-electron chi connectivity index (χ0n) is 13.7. The number of nitrogens with one attached hydrogen (secondary N) is 1. The van der Waals surface area contributed by atoms with Crippen molar-refractivity contribution in [3.05, 3.63) is 71.8 Å². The summed E-state index contributed by atoms with van der Waals surface area (Å²) in [4.78, 5) is 16.6. The van der Waals surface area contributed by atoms with Gasteiger partial charge < -0.3 is 5.32 Å². The van der Waals surface area contributed by atoms with Gasteiger partial charge in [0.05, 0.1) is 16.3 Å². The van der Waals surface area contributed by atoms with E-state index in [4.69, 9.17) is 0 Å². The van der Waals surface area contributed by atoms with Crippen LogP contribution in [0.5, 0.6) is 0 Å². The Kier molecular flexibility index (Phi) is 5.49. The lowest BCUT2D eigenvalue weighted by molar-refractivity contribution is -0.118. The maximum Gasteiger partial charge on any atom is 0.230 e. The summed E-state index contributed by atoms with van der Waals surface area (Å²) in [5.74, 6) is 0.433. The SMILES string of the molecule is Cc1cc(SCC(=O)NCCc2ccccc2)nc2ccccc12. The fourth-order valence-corrected chi connectivity index (χ4v) is 3.38. The van der Waals surface area contributed by atoms with Crippen molar-refractivity contribution in [1.82, 2.24) is 10.3 Å². The summed E-state index contributed by atoms with van der Waals surface area (Å²) in [6, 6.07) is 20.3. The van der Waals surface area contributed by atoms with Crippen molar-refractivity contribution in [1.29, 1.82) is 0 Å². The van der Waals surface area contributed by atoms with E-state index in [2.05, 4.69) is 35.4 Å². The number of nitrogens with zero attached hydrogens (tertiary/aromatic N) is 1. The van der Waals surface area contributed by atoms with Crippen molar-refractivity contribution in [3.8, 4) is 0 Å². The smallest absolute Gasteiger partial charge is 0.230 e. The maximum atomic E-state index is 12.0. The number of rotatable bonds is 6.